The topological polar surface area (TPSA) is 43.1 Å². The summed E-state index contributed by atoms with van der Waals surface area (Å²) in [6.45, 7) is 0.739. The monoisotopic (exact) mass is 225 g/mol. The van der Waals surface area contributed by atoms with E-state index in [0.29, 0.717) is 12.2 Å². The van der Waals surface area contributed by atoms with Gasteiger partial charge in [0.1, 0.15) is 5.78 Å². The minimum absolute atomic E-state index is 0.387. The number of carbonyl (C=O) groups excluding carboxylic acids is 1. The molecule has 1 heterocycles. The third kappa shape index (κ3) is 5.70. The number of hydrogen-bond donors (Lipinski definition) is 1. The standard InChI is InChI=1S/C12H19NOS/c13-8-3-1-2-4-12(14)6-5-11-7-9-15-10-11/h7,9-10H,1-6,8,13H2. The molecular formula is C12H19NOS. The first-order chi connectivity index (χ1) is 7.33. The summed E-state index contributed by atoms with van der Waals surface area (Å²) >= 11 is 1.69. The number of thiophene rings is 1. The second-order valence-corrected chi connectivity index (χ2v) is 4.55. The number of hydrogen-bond acceptors (Lipinski definition) is 3. The van der Waals surface area contributed by atoms with Crippen LogP contribution in [0.3, 0.4) is 0 Å². The second-order valence-electron chi connectivity index (χ2n) is 3.77. The molecule has 2 N–H and O–H groups in total. The fraction of sp³-hybridized carbons (Fsp3) is 0.583. The van der Waals surface area contributed by atoms with Crippen LogP contribution in [0, 0.1) is 0 Å². The van der Waals surface area contributed by atoms with Crippen LogP contribution in [0.5, 0.6) is 0 Å². The fourth-order valence-corrected chi connectivity index (χ4v) is 2.19. The van der Waals surface area contributed by atoms with E-state index in [0.717, 1.165) is 38.6 Å². The number of Topliss-reactive ketones (excluding diaryl/α,β-unsaturated/α-hetero) is 1. The largest absolute Gasteiger partial charge is 0.330 e. The average molecular weight is 225 g/mol. The molecule has 0 saturated carbocycles. The zero-order valence-corrected chi connectivity index (χ0v) is 9.89. The van der Waals surface area contributed by atoms with E-state index in [1.807, 2.05) is 0 Å². The van der Waals surface area contributed by atoms with E-state index < -0.39 is 0 Å². The van der Waals surface area contributed by atoms with Gasteiger partial charge in [0.05, 0.1) is 0 Å². The lowest BCUT2D eigenvalue weighted by atomic mass is 10.1. The number of ketones is 1. The van der Waals surface area contributed by atoms with Gasteiger partial charge in [-0.2, -0.15) is 11.3 Å². The van der Waals surface area contributed by atoms with Crippen molar-refractivity contribution in [1.29, 1.82) is 0 Å². The number of carbonyl (C=O) groups is 1. The third-order valence-electron chi connectivity index (χ3n) is 2.43. The van der Waals surface area contributed by atoms with E-state index in [4.69, 9.17) is 5.73 Å². The van der Waals surface area contributed by atoms with Gasteiger partial charge in [0.15, 0.2) is 0 Å². The first-order valence-corrected chi connectivity index (χ1v) is 6.50. The van der Waals surface area contributed by atoms with Crippen molar-refractivity contribution in [2.24, 2.45) is 5.73 Å². The van der Waals surface area contributed by atoms with Crippen LogP contribution in [-0.2, 0) is 11.2 Å². The van der Waals surface area contributed by atoms with Gasteiger partial charge in [0.25, 0.3) is 0 Å². The van der Waals surface area contributed by atoms with Crippen LogP contribution in [0.1, 0.15) is 37.7 Å². The summed E-state index contributed by atoms with van der Waals surface area (Å²) in [6.07, 6.45) is 5.45. The molecule has 0 aliphatic rings. The number of nitrogens with two attached hydrogens (primary N) is 1. The Morgan fingerprint density at radius 2 is 2.13 bits per heavy atom. The second kappa shape index (κ2) is 7.60. The zero-order chi connectivity index (χ0) is 10.9. The summed E-state index contributed by atoms with van der Waals surface area (Å²) in [7, 11) is 0. The molecule has 0 aliphatic heterocycles. The molecular weight excluding hydrogens is 206 g/mol. The van der Waals surface area contributed by atoms with E-state index in [9.17, 15) is 4.79 Å². The normalized spacial score (nSPS) is 10.5. The van der Waals surface area contributed by atoms with E-state index in [1.54, 1.807) is 11.3 Å². The summed E-state index contributed by atoms with van der Waals surface area (Å²) in [5, 5.41) is 4.17. The minimum atomic E-state index is 0.387. The van der Waals surface area contributed by atoms with Gasteiger partial charge in [0.2, 0.25) is 0 Å². The van der Waals surface area contributed by atoms with Crippen molar-refractivity contribution in [3.63, 3.8) is 0 Å². The maximum atomic E-state index is 11.5. The molecule has 0 saturated heterocycles. The Balaban J connectivity index is 2.04. The Labute approximate surface area is 95.5 Å². The van der Waals surface area contributed by atoms with Crippen molar-refractivity contribution >= 4 is 17.1 Å². The molecule has 15 heavy (non-hydrogen) atoms. The first kappa shape index (κ1) is 12.4. The molecule has 0 bridgehead atoms. The molecule has 0 spiro atoms. The lowest BCUT2D eigenvalue weighted by Gasteiger charge is -1.99. The molecule has 0 aromatic carbocycles. The molecule has 0 radical (unpaired) electrons. The maximum Gasteiger partial charge on any atom is 0.133 e. The maximum absolute atomic E-state index is 11.5. The van der Waals surface area contributed by atoms with Gasteiger partial charge < -0.3 is 5.73 Å². The molecule has 1 aromatic heterocycles. The van der Waals surface area contributed by atoms with Crippen LogP contribution in [0.2, 0.25) is 0 Å². The highest BCUT2D eigenvalue weighted by Gasteiger charge is 2.02. The SMILES string of the molecule is NCCCCCC(=O)CCc1ccsc1. The molecule has 0 fully saturated rings. The first-order valence-electron chi connectivity index (χ1n) is 5.56. The van der Waals surface area contributed by atoms with Crippen LogP contribution in [0.25, 0.3) is 0 Å². The van der Waals surface area contributed by atoms with Crippen molar-refractivity contribution in [3.8, 4) is 0 Å². The molecule has 84 valence electrons. The van der Waals surface area contributed by atoms with Crippen LogP contribution >= 0.6 is 11.3 Å². The van der Waals surface area contributed by atoms with Crippen LogP contribution in [0.15, 0.2) is 16.8 Å². The van der Waals surface area contributed by atoms with Gasteiger partial charge in [-0.3, -0.25) is 4.79 Å². The highest BCUT2D eigenvalue weighted by atomic mass is 32.1. The van der Waals surface area contributed by atoms with E-state index in [2.05, 4.69) is 16.8 Å². The van der Waals surface area contributed by atoms with E-state index >= 15 is 0 Å². The molecule has 0 unspecified atom stereocenters. The van der Waals surface area contributed by atoms with Crippen LogP contribution in [0.4, 0.5) is 0 Å². The quantitative estimate of drug-likeness (QED) is 0.691. The molecule has 0 atom stereocenters. The Kier molecular flexibility index (Phi) is 6.28. The third-order valence-corrected chi connectivity index (χ3v) is 3.16. The Morgan fingerprint density at radius 1 is 1.27 bits per heavy atom. The van der Waals surface area contributed by atoms with Gasteiger partial charge >= 0.3 is 0 Å². The molecule has 1 rings (SSSR count). The predicted molar refractivity (Wildman–Crippen MR) is 65.2 cm³/mol. The van der Waals surface area contributed by atoms with Gasteiger partial charge in [0, 0.05) is 12.8 Å². The number of unbranched alkanes of at least 4 members (excludes halogenated alkanes) is 2. The van der Waals surface area contributed by atoms with Crippen LogP contribution in [-0.4, -0.2) is 12.3 Å². The lowest BCUT2D eigenvalue weighted by molar-refractivity contribution is -0.119. The number of rotatable bonds is 8. The van der Waals surface area contributed by atoms with Crippen molar-refractivity contribution in [2.75, 3.05) is 6.54 Å². The van der Waals surface area contributed by atoms with Gasteiger partial charge in [-0.25, -0.2) is 0 Å². The summed E-state index contributed by atoms with van der Waals surface area (Å²) in [6, 6.07) is 2.09. The molecule has 3 heteroatoms. The van der Waals surface area contributed by atoms with Crippen LogP contribution < -0.4 is 5.73 Å². The van der Waals surface area contributed by atoms with Crippen molar-refractivity contribution in [3.05, 3.63) is 22.4 Å². The minimum Gasteiger partial charge on any atom is -0.330 e. The molecule has 0 amide bonds. The highest BCUT2D eigenvalue weighted by Crippen LogP contribution is 2.10. The van der Waals surface area contributed by atoms with Crippen molar-refractivity contribution in [1.82, 2.24) is 0 Å². The lowest BCUT2D eigenvalue weighted by Crippen LogP contribution is -2.01. The zero-order valence-electron chi connectivity index (χ0n) is 9.08. The van der Waals surface area contributed by atoms with Crippen molar-refractivity contribution < 1.29 is 4.79 Å². The molecule has 2 nitrogen and oxygen atoms in total. The van der Waals surface area contributed by atoms with Crippen molar-refractivity contribution in [2.45, 2.75) is 38.5 Å². The average Bonchev–Trinajstić information content (AvgIpc) is 2.74. The van der Waals surface area contributed by atoms with Gasteiger partial charge in [-0.1, -0.05) is 6.42 Å². The Hall–Kier alpha value is -0.670. The molecule has 0 aliphatic carbocycles. The Morgan fingerprint density at radius 3 is 2.80 bits per heavy atom. The summed E-state index contributed by atoms with van der Waals surface area (Å²) in [5.41, 5.74) is 6.67. The summed E-state index contributed by atoms with van der Waals surface area (Å²) in [5.74, 6) is 0.387. The smallest absolute Gasteiger partial charge is 0.133 e. The van der Waals surface area contributed by atoms with E-state index in [1.165, 1.54) is 5.56 Å². The van der Waals surface area contributed by atoms with Gasteiger partial charge in [-0.15, -0.1) is 0 Å². The molecule has 1 aromatic rings. The number of aryl methyl sites for hydroxylation is 1. The van der Waals surface area contributed by atoms with E-state index in [-0.39, 0.29) is 0 Å². The highest BCUT2D eigenvalue weighted by molar-refractivity contribution is 7.07. The fourth-order valence-electron chi connectivity index (χ4n) is 1.49. The predicted octanol–water partition coefficient (Wildman–Crippen LogP) is 2.77. The Bertz CT molecular complexity index is 269. The van der Waals surface area contributed by atoms with Gasteiger partial charge in [-0.05, 0) is 48.2 Å². The summed E-state index contributed by atoms with van der Waals surface area (Å²) in [4.78, 5) is 11.5. The summed E-state index contributed by atoms with van der Waals surface area (Å²) < 4.78 is 0.